The predicted molar refractivity (Wildman–Crippen MR) is 81.2 cm³/mol. The fourth-order valence-electron chi connectivity index (χ4n) is 2.47. The predicted octanol–water partition coefficient (Wildman–Crippen LogP) is 3.19. The number of alkyl halides is 3. The number of rotatable bonds is 2. The summed E-state index contributed by atoms with van der Waals surface area (Å²) in [5, 5.41) is 14.1. The Bertz CT molecular complexity index is 775. The Labute approximate surface area is 135 Å². The van der Waals surface area contributed by atoms with E-state index in [0.717, 1.165) is 0 Å². The molecule has 0 aliphatic carbocycles. The zero-order valence-corrected chi connectivity index (χ0v) is 12.4. The molecular formula is C17H13F3N2O2. The van der Waals surface area contributed by atoms with Crippen molar-refractivity contribution in [3.05, 3.63) is 71.8 Å². The molecule has 1 aliphatic rings. The van der Waals surface area contributed by atoms with Gasteiger partial charge in [0.15, 0.2) is 0 Å². The van der Waals surface area contributed by atoms with Gasteiger partial charge in [0.1, 0.15) is 0 Å². The number of aliphatic hydroxyl groups is 1. The number of halogens is 3. The maximum Gasteiger partial charge on any atom is 0.438 e. The van der Waals surface area contributed by atoms with Gasteiger partial charge in [-0.25, -0.2) is 0 Å². The molecule has 3 rings (SSSR count). The number of hydrogen-bond donors (Lipinski definition) is 1. The molecule has 0 radical (unpaired) electrons. The van der Waals surface area contributed by atoms with Crippen LogP contribution in [0.25, 0.3) is 0 Å². The van der Waals surface area contributed by atoms with Crippen molar-refractivity contribution in [2.75, 3.05) is 0 Å². The molecule has 24 heavy (non-hydrogen) atoms. The average Bonchev–Trinajstić information content (AvgIpc) is 2.95. The van der Waals surface area contributed by atoms with Crippen molar-refractivity contribution < 1.29 is 23.1 Å². The number of amides is 1. The lowest BCUT2D eigenvalue weighted by Crippen LogP contribution is -2.56. The van der Waals surface area contributed by atoms with Crippen LogP contribution in [0.3, 0.4) is 0 Å². The number of carbonyl (C=O) groups is 1. The van der Waals surface area contributed by atoms with E-state index in [1.165, 1.54) is 24.3 Å². The highest BCUT2D eigenvalue weighted by Gasteiger charge is 2.63. The van der Waals surface area contributed by atoms with Crippen LogP contribution in [-0.2, 0) is 0 Å². The molecule has 0 bridgehead atoms. The fourth-order valence-corrected chi connectivity index (χ4v) is 2.47. The first-order chi connectivity index (χ1) is 11.3. The Morgan fingerprint density at radius 2 is 1.58 bits per heavy atom. The Balaban J connectivity index is 2.05. The average molecular weight is 334 g/mol. The minimum Gasteiger partial charge on any atom is -0.362 e. The summed E-state index contributed by atoms with van der Waals surface area (Å²) in [6.07, 6.45) is -5.86. The van der Waals surface area contributed by atoms with E-state index < -0.39 is 24.2 Å². The van der Waals surface area contributed by atoms with E-state index in [4.69, 9.17) is 0 Å². The molecule has 2 aromatic carbocycles. The quantitative estimate of drug-likeness (QED) is 0.917. The van der Waals surface area contributed by atoms with Crippen molar-refractivity contribution in [2.24, 2.45) is 5.10 Å². The second kappa shape index (κ2) is 5.76. The lowest BCUT2D eigenvalue weighted by Gasteiger charge is -2.32. The van der Waals surface area contributed by atoms with Crippen LogP contribution in [0.1, 0.15) is 22.3 Å². The first kappa shape index (κ1) is 16.2. The van der Waals surface area contributed by atoms with Gasteiger partial charge in [0.2, 0.25) is 0 Å². The van der Waals surface area contributed by atoms with E-state index >= 15 is 0 Å². The van der Waals surface area contributed by atoms with Crippen molar-refractivity contribution in [1.29, 1.82) is 0 Å². The first-order valence-corrected chi connectivity index (χ1v) is 7.14. The zero-order chi connectivity index (χ0) is 17.4. The van der Waals surface area contributed by atoms with E-state index in [0.29, 0.717) is 5.56 Å². The number of benzene rings is 2. The van der Waals surface area contributed by atoms with Crippen LogP contribution >= 0.6 is 0 Å². The third-order valence-corrected chi connectivity index (χ3v) is 3.76. The van der Waals surface area contributed by atoms with Gasteiger partial charge in [0.05, 0.1) is 12.1 Å². The largest absolute Gasteiger partial charge is 0.438 e. The maximum absolute atomic E-state index is 13.4. The lowest BCUT2D eigenvalue weighted by atomic mass is 10.0. The molecule has 0 unspecified atom stereocenters. The molecule has 1 atom stereocenters. The summed E-state index contributed by atoms with van der Waals surface area (Å²) in [7, 11) is 0. The Morgan fingerprint density at radius 3 is 2.12 bits per heavy atom. The van der Waals surface area contributed by atoms with Crippen LogP contribution in [0.2, 0.25) is 0 Å². The van der Waals surface area contributed by atoms with E-state index in [2.05, 4.69) is 5.10 Å². The van der Waals surface area contributed by atoms with E-state index in [1.807, 2.05) is 0 Å². The van der Waals surface area contributed by atoms with Crippen LogP contribution in [0, 0.1) is 0 Å². The molecule has 124 valence electrons. The van der Waals surface area contributed by atoms with Crippen molar-refractivity contribution in [1.82, 2.24) is 5.01 Å². The minimum absolute atomic E-state index is 0.000272. The maximum atomic E-state index is 13.4. The molecule has 0 fully saturated rings. The number of carbonyl (C=O) groups excluding carboxylic acids is 1. The molecule has 1 N–H and O–H groups in total. The SMILES string of the molecule is O=C(c1ccccc1)N1N=C(c2ccccc2)C[C@@]1(O)C(F)(F)F. The third-order valence-electron chi connectivity index (χ3n) is 3.76. The highest BCUT2D eigenvalue weighted by Crippen LogP contribution is 2.41. The van der Waals surface area contributed by atoms with Gasteiger partial charge in [0.25, 0.3) is 11.6 Å². The van der Waals surface area contributed by atoms with E-state index in [-0.39, 0.29) is 16.3 Å². The standard InChI is InChI=1S/C17H13F3N2O2/c18-17(19,20)16(24)11-14(12-7-3-1-4-8-12)21-22(16)15(23)13-9-5-2-6-10-13/h1-10,24H,11H2/t16-/m1/s1. The molecule has 1 heterocycles. The van der Waals surface area contributed by atoms with Crippen molar-refractivity contribution >= 4 is 11.6 Å². The summed E-state index contributed by atoms with van der Waals surface area (Å²) in [6, 6.07) is 15.6. The molecule has 1 amide bonds. The van der Waals surface area contributed by atoms with Gasteiger partial charge < -0.3 is 5.11 Å². The van der Waals surface area contributed by atoms with Crippen molar-refractivity contribution in [2.45, 2.75) is 18.3 Å². The van der Waals surface area contributed by atoms with Crippen LogP contribution in [0.5, 0.6) is 0 Å². The van der Waals surface area contributed by atoms with Crippen LogP contribution in [0.15, 0.2) is 65.8 Å². The lowest BCUT2D eigenvalue weighted by molar-refractivity contribution is -0.297. The van der Waals surface area contributed by atoms with Crippen LogP contribution in [-0.4, -0.2) is 33.6 Å². The summed E-state index contributed by atoms with van der Waals surface area (Å²) in [5.74, 6) is -1.01. The van der Waals surface area contributed by atoms with Crippen molar-refractivity contribution in [3.8, 4) is 0 Å². The summed E-state index contributed by atoms with van der Waals surface area (Å²) >= 11 is 0. The van der Waals surface area contributed by atoms with Gasteiger partial charge >= 0.3 is 6.18 Å². The summed E-state index contributed by atoms with van der Waals surface area (Å²) < 4.78 is 40.3. The molecule has 2 aromatic rings. The molecule has 0 spiro atoms. The van der Waals surface area contributed by atoms with Gasteiger partial charge in [-0.1, -0.05) is 48.5 Å². The molecule has 0 aromatic heterocycles. The Morgan fingerprint density at radius 1 is 1.04 bits per heavy atom. The van der Waals surface area contributed by atoms with Gasteiger partial charge in [-0.2, -0.15) is 23.3 Å². The topological polar surface area (TPSA) is 52.9 Å². The summed E-state index contributed by atoms with van der Waals surface area (Å²) in [6.45, 7) is 0. The Kier molecular flexibility index (Phi) is 3.88. The second-order valence-corrected chi connectivity index (χ2v) is 5.39. The minimum atomic E-state index is -5.04. The molecule has 4 nitrogen and oxygen atoms in total. The molecule has 0 saturated heterocycles. The Hall–Kier alpha value is -2.67. The normalized spacial score (nSPS) is 20.8. The summed E-state index contributed by atoms with van der Waals surface area (Å²) in [5.41, 5.74) is -2.94. The van der Waals surface area contributed by atoms with Crippen LogP contribution in [0.4, 0.5) is 13.2 Å². The number of nitrogens with zero attached hydrogens (tertiary/aromatic N) is 2. The third kappa shape index (κ3) is 2.67. The first-order valence-electron chi connectivity index (χ1n) is 7.14. The summed E-state index contributed by atoms with van der Waals surface area (Å²) in [4.78, 5) is 12.4. The molecular weight excluding hydrogens is 321 g/mol. The van der Waals surface area contributed by atoms with E-state index in [9.17, 15) is 23.1 Å². The van der Waals surface area contributed by atoms with Gasteiger partial charge in [-0.15, -0.1) is 0 Å². The highest BCUT2D eigenvalue weighted by molar-refractivity contribution is 6.05. The second-order valence-electron chi connectivity index (χ2n) is 5.39. The number of hydrazone groups is 1. The van der Waals surface area contributed by atoms with Crippen LogP contribution < -0.4 is 0 Å². The molecule has 7 heteroatoms. The highest BCUT2D eigenvalue weighted by atomic mass is 19.4. The van der Waals surface area contributed by atoms with E-state index in [1.54, 1.807) is 36.4 Å². The van der Waals surface area contributed by atoms with Gasteiger partial charge in [-0.05, 0) is 17.7 Å². The van der Waals surface area contributed by atoms with Gasteiger partial charge in [0, 0.05) is 5.56 Å². The number of hydrogen-bond acceptors (Lipinski definition) is 3. The van der Waals surface area contributed by atoms with Gasteiger partial charge in [-0.3, -0.25) is 4.79 Å². The molecule has 1 aliphatic heterocycles. The fraction of sp³-hybridized carbons (Fsp3) is 0.176. The monoisotopic (exact) mass is 334 g/mol. The smallest absolute Gasteiger partial charge is 0.362 e. The molecule has 0 saturated carbocycles. The van der Waals surface area contributed by atoms with Crippen molar-refractivity contribution in [3.63, 3.8) is 0 Å². The zero-order valence-electron chi connectivity index (χ0n) is 12.4.